The molecule has 0 saturated carbocycles. The van der Waals surface area contributed by atoms with Gasteiger partial charge in [0.2, 0.25) is 0 Å². The summed E-state index contributed by atoms with van der Waals surface area (Å²) in [6.07, 6.45) is 2.65. The van der Waals surface area contributed by atoms with Gasteiger partial charge in [-0.2, -0.15) is 0 Å². The first kappa shape index (κ1) is 23.3. The number of aryl methyl sites for hydroxylation is 1. The molecule has 1 aromatic carbocycles. The number of amidine groups is 1. The van der Waals surface area contributed by atoms with E-state index in [9.17, 15) is 13.2 Å². The van der Waals surface area contributed by atoms with Crippen LogP contribution in [0.5, 0.6) is 11.5 Å². The van der Waals surface area contributed by atoms with Gasteiger partial charge in [-0.05, 0) is 36.6 Å². The maximum absolute atomic E-state index is 12.8. The Balaban J connectivity index is 1.77. The monoisotopic (exact) mass is 491 g/mol. The summed E-state index contributed by atoms with van der Waals surface area (Å²) in [5.41, 5.74) is 7.74. The fourth-order valence-corrected chi connectivity index (χ4v) is 6.43. The Morgan fingerprint density at radius 1 is 1.27 bits per heavy atom. The van der Waals surface area contributed by atoms with E-state index in [0.717, 1.165) is 15.8 Å². The van der Waals surface area contributed by atoms with Crippen molar-refractivity contribution < 1.29 is 23.0 Å². The Labute approximate surface area is 195 Å². The zero-order valence-electron chi connectivity index (χ0n) is 18.3. The van der Waals surface area contributed by atoms with Crippen molar-refractivity contribution in [1.29, 1.82) is 0 Å². The summed E-state index contributed by atoms with van der Waals surface area (Å²) in [7, 11) is 0.214. The van der Waals surface area contributed by atoms with Crippen LogP contribution in [-0.2, 0) is 16.9 Å². The second kappa shape index (κ2) is 9.16. The van der Waals surface area contributed by atoms with Gasteiger partial charge in [-0.1, -0.05) is 6.07 Å². The molecule has 1 fully saturated rings. The normalized spacial score (nSPS) is 16.8. The van der Waals surface area contributed by atoms with Crippen LogP contribution in [0.2, 0.25) is 0 Å². The van der Waals surface area contributed by atoms with Gasteiger partial charge in [-0.25, -0.2) is 8.42 Å². The van der Waals surface area contributed by atoms with Crippen LogP contribution >= 0.6 is 11.3 Å². The number of sulfone groups is 1. The van der Waals surface area contributed by atoms with E-state index in [1.807, 2.05) is 6.07 Å². The van der Waals surface area contributed by atoms with Crippen molar-refractivity contribution in [3.8, 4) is 22.6 Å². The number of hydrogen-bond acceptors (Lipinski definition) is 8. The van der Waals surface area contributed by atoms with Crippen molar-refractivity contribution in [3.63, 3.8) is 0 Å². The second-order valence-electron chi connectivity index (χ2n) is 7.85. The highest BCUT2D eigenvalue weighted by atomic mass is 32.2. The van der Waals surface area contributed by atoms with E-state index in [-0.39, 0.29) is 23.1 Å². The molecule has 9 nitrogen and oxygen atoms in total. The van der Waals surface area contributed by atoms with Gasteiger partial charge in [-0.15, -0.1) is 11.3 Å². The Morgan fingerprint density at radius 3 is 2.67 bits per heavy atom. The third kappa shape index (κ3) is 4.75. The molecule has 0 spiro atoms. The number of pyridine rings is 1. The largest absolute Gasteiger partial charge is 0.493 e. The molecule has 33 heavy (non-hydrogen) atoms. The lowest BCUT2D eigenvalue weighted by molar-refractivity contribution is 0.0954. The Morgan fingerprint density at radius 2 is 2.00 bits per heavy atom. The van der Waals surface area contributed by atoms with Crippen molar-refractivity contribution in [2.45, 2.75) is 18.9 Å². The summed E-state index contributed by atoms with van der Waals surface area (Å²) in [4.78, 5) is 18.0. The molecule has 11 heteroatoms. The van der Waals surface area contributed by atoms with E-state index >= 15 is 0 Å². The molecule has 0 aliphatic carbocycles. The van der Waals surface area contributed by atoms with Crippen LogP contribution in [0.1, 0.15) is 17.7 Å². The van der Waals surface area contributed by atoms with Gasteiger partial charge < -0.3 is 24.9 Å². The molecular weight excluding hydrogens is 466 g/mol. The number of hydrogen-bond donors (Lipinski definition) is 2. The lowest BCUT2D eigenvalue weighted by Crippen LogP contribution is -2.27. The van der Waals surface area contributed by atoms with E-state index in [2.05, 4.69) is 4.99 Å². The number of aliphatic imine (C=N–C) groups is 1. The van der Waals surface area contributed by atoms with Crippen LogP contribution in [0.4, 0.5) is 0 Å². The molecule has 1 aliphatic heterocycles. The van der Waals surface area contributed by atoms with Crippen LogP contribution < -0.4 is 20.8 Å². The maximum atomic E-state index is 12.8. The Kier molecular flexibility index (Phi) is 6.46. The first-order chi connectivity index (χ1) is 15.7. The lowest BCUT2D eigenvalue weighted by atomic mass is 10.1. The average Bonchev–Trinajstić information content (AvgIpc) is 3.24. The minimum Gasteiger partial charge on any atom is -0.493 e. The summed E-state index contributed by atoms with van der Waals surface area (Å²) < 4.78 is 36.2. The highest BCUT2D eigenvalue weighted by Gasteiger charge is 2.24. The predicted octanol–water partition coefficient (Wildman–Crippen LogP) is 1.89. The Bertz CT molecular complexity index is 1380. The summed E-state index contributed by atoms with van der Waals surface area (Å²) in [5, 5.41) is 9.59. The number of nitrogens with two attached hydrogens (primary N) is 1. The SMILES string of the molecule is COc1cc(-c2cn(C)c(=O)c3cc(C(N)=NC4CCS(=O)(=O)CC4)sc23)ccc1OCO. The summed E-state index contributed by atoms with van der Waals surface area (Å²) in [6, 6.07) is 6.90. The molecule has 1 aliphatic rings. The molecule has 176 valence electrons. The highest BCUT2D eigenvalue weighted by Crippen LogP contribution is 2.37. The van der Waals surface area contributed by atoms with Crippen molar-refractivity contribution in [2.24, 2.45) is 17.8 Å². The van der Waals surface area contributed by atoms with E-state index in [4.69, 9.17) is 20.3 Å². The van der Waals surface area contributed by atoms with Crippen molar-refractivity contribution in [2.75, 3.05) is 25.4 Å². The van der Waals surface area contributed by atoms with Gasteiger partial charge in [0.15, 0.2) is 18.3 Å². The molecule has 0 unspecified atom stereocenters. The predicted molar refractivity (Wildman–Crippen MR) is 129 cm³/mol. The first-order valence-corrected chi connectivity index (χ1v) is 13.0. The zero-order chi connectivity index (χ0) is 23.8. The number of rotatable bonds is 6. The number of aliphatic hydroxyl groups excluding tert-OH is 1. The number of fused-ring (bicyclic) bond motifs is 1. The minimum absolute atomic E-state index is 0.114. The smallest absolute Gasteiger partial charge is 0.259 e. The fraction of sp³-hybridized carbons (Fsp3) is 0.364. The van der Waals surface area contributed by atoms with Crippen LogP contribution in [0.25, 0.3) is 21.2 Å². The zero-order valence-corrected chi connectivity index (χ0v) is 19.9. The molecule has 3 heterocycles. The maximum Gasteiger partial charge on any atom is 0.259 e. The third-order valence-electron chi connectivity index (χ3n) is 5.64. The standard InChI is InChI=1S/C22H25N3O6S2/c1-25-11-16(13-3-4-17(31-12-26)18(9-13)30-2)20-15(22(25)27)10-19(32-20)21(23)24-14-5-7-33(28,29)8-6-14/h3-4,9-11,14,26H,5-8,12H2,1-2H3,(H2,23,24). The number of thiophene rings is 1. The molecule has 0 radical (unpaired) electrons. The van der Waals surface area contributed by atoms with Crippen LogP contribution in [0.3, 0.4) is 0 Å². The van der Waals surface area contributed by atoms with E-state index in [1.54, 1.807) is 31.4 Å². The van der Waals surface area contributed by atoms with Crippen molar-refractivity contribution in [1.82, 2.24) is 4.57 Å². The number of benzene rings is 1. The number of nitrogens with zero attached hydrogens (tertiary/aromatic N) is 2. The summed E-state index contributed by atoms with van der Waals surface area (Å²) >= 11 is 1.37. The van der Waals surface area contributed by atoms with Gasteiger partial charge >= 0.3 is 0 Å². The number of methoxy groups -OCH3 is 1. The van der Waals surface area contributed by atoms with Crippen LogP contribution in [0, 0.1) is 0 Å². The van der Waals surface area contributed by atoms with Gasteiger partial charge in [0.1, 0.15) is 15.7 Å². The van der Waals surface area contributed by atoms with E-state index in [1.165, 1.54) is 23.0 Å². The lowest BCUT2D eigenvalue weighted by Gasteiger charge is -2.18. The van der Waals surface area contributed by atoms with Gasteiger partial charge in [0.05, 0.1) is 34.9 Å². The second-order valence-corrected chi connectivity index (χ2v) is 11.2. The number of aromatic nitrogens is 1. The van der Waals surface area contributed by atoms with Crippen LogP contribution in [-0.4, -0.2) is 55.4 Å². The summed E-state index contributed by atoms with van der Waals surface area (Å²) in [6.45, 7) is -0.473. The van der Waals surface area contributed by atoms with Crippen molar-refractivity contribution in [3.05, 3.63) is 45.7 Å². The molecule has 0 bridgehead atoms. The minimum atomic E-state index is -2.98. The summed E-state index contributed by atoms with van der Waals surface area (Å²) in [5.74, 6) is 1.39. The first-order valence-electron chi connectivity index (χ1n) is 10.3. The molecule has 1 saturated heterocycles. The molecule has 3 N–H and O–H groups in total. The Hall–Kier alpha value is -2.89. The molecule has 4 rings (SSSR count). The van der Waals surface area contributed by atoms with E-state index < -0.39 is 16.6 Å². The number of aliphatic hydroxyl groups is 1. The number of ether oxygens (including phenoxy) is 2. The van der Waals surface area contributed by atoms with Gasteiger partial charge in [-0.3, -0.25) is 9.79 Å². The molecule has 0 amide bonds. The van der Waals surface area contributed by atoms with Crippen LogP contribution in [0.15, 0.2) is 40.2 Å². The molecule has 3 aromatic rings. The molecule has 0 atom stereocenters. The van der Waals surface area contributed by atoms with Crippen molar-refractivity contribution >= 4 is 37.1 Å². The fourth-order valence-electron chi connectivity index (χ4n) is 3.87. The van der Waals surface area contributed by atoms with E-state index in [0.29, 0.717) is 40.4 Å². The third-order valence-corrected chi connectivity index (χ3v) is 8.55. The quantitative estimate of drug-likeness (QED) is 0.306. The molecule has 2 aromatic heterocycles. The van der Waals surface area contributed by atoms with Gasteiger partial charge in [0, 0.05) is 23.5 Å². The topological polar surface area (TPSA) is 133 Å². The average molecular weight is 492 g/mol. The highest BCUT2D eigenvalue weighted by molar-refractivity contribution is 7.91. The van der Waals surface area contributed by atoms with Gasteiger partial charge in [0.25, 0.3) is 5.56 Å². The molecular formula is C22H25N3O6S2.